The normalized spacial score (nSPS) is 12.0. The molecule has 1 aromatic heterocycles. The molecule has 1 aromatic rings. The van der Waals surface area contributed by atoms with Crippen LogP contribution in [0.15, 0.2) is 0 Å². The van der Waals surface area contributed by atoms with E-state index in [1.807, 2.05) is 20.8 Å². The monoisotopic (exact) mass is 283 g/mol. The first-order valence-corrected chi connectivity index (χ1v) is 7.24. The highest BCUT2D eigenvalue weighted by atomic mass is 16.5. The minimum Gasteiger partial charge on any atom is -0.463 e. The van der Waals surface area contributed by atoms with Crippen molar-refractivity contribution >= 4 is 11.9 Å². The summed E-state index contributed by atoms with van der Waals surface area (Å²) in [6.07, 6.45) is 2.00. The largest absolute Gasteiger partial charge is 0.463 e. The average molecular weight is 283 g/mol. The summed E-state index contributed by atoms with van der Waals surface area (Å²) in [6.45, 7) is 7.86. The van der Waals surface area contributed by atoms with E-state index in [1.165, 1.54) is 0 Å². The van der Waals surface area contributed by atoms with E-state index in [0.29, 0.717) is 37.5 Å². The van der Waals surface area contributed by atoms with Gasteiger partial charge in [-0.25, -0.2) is 0 Å². The van der Waals surface area contributed by atoms with Crippen LogP contribution in [-0.2, 0) is 0 Å². The lowest BCUT2D eigenvalue weighted by Gasteiger charge is -2.11. The highest BCUT2D eigenvalue weighted by Crippen LogP contribution is 2.11. The Kier molecular flexibility index (Phi) is 7.64. The summed E-state index contributed by atoms with van der Waals surface area (Å²) in [4.78, 5) is 12.6. The van der Waals surface area contributed by atoms with Crippen molar-refractivity contribution in [3.05, 3.63) is 0 Å². The van der Waals surface area contributed by atoms with Gasteiger partial charge in [0.05, 0.1) is 12.7 Å². The predicted molar refractivity (Wildman–Crippen MR) is 79.2 cm³/mol. The minimum absolute atomic E-state index is 0.298. The van der Waals surface area contributed by atoms with Crippen LogP contribution in [0.5, 0.6) is 6.01 Å². The van der Waals surface area contributed by atoms with Crippen molar-refractivity contribution in [3.63, 3.8) is 0 Å². The summed E-state index contributed by atoms with van der Waals surface area (Å²) in [5, 5.41) is 15.6. The number of aliphatic hydroxyl groups excluding tert-OH is 1. The molecule has 20 heavy (non-hydrogen) atoms. The Morgan fingerprint density at radius 2 is 1.80 bits per heavy atom. The topological polar surface area (TPSA) is 92.2 Å². The number of hydrogen-bond donors (Lipinski definition) is 3. The highest BCUT2D eigenvalue weighted by Gasteiger charge is 2.07. The van der Waals surface area contributed by atoms with Gasteiger partial charge in [0.15, 0.2) is 0 Å². The lowest BCUT2D eigenvalue weighted by atomic mass is 10.2. The molecule has 0 saturated carbocycles. The summed E-state index contributed by atoms with van der Waals surface area (Å²) >= 11 is 0. The van der Waals surface area contributed by atoms with Gasteiger partial charge in [0, 0.05) is 13.1 Å². The van der Waals surface area contributed by atoms with Crippen LogP contribution in [0.1, 0.15) is 40.0 Å². The van der Waals surface area contributed by atoms with Gasteiger partial charge in [0.25, 0.3) is 0 Å². The number of hydrogen-bond acceptors (Lipinski definition) is 7. The van der Waals surface area contributed by atoms with Crippen molar-refractivity contribution in [1.82, 2.24) is 15.0 Å². The van der Waals surface area contributed by atoms with E-state index in [9.17, 15) is 5.11 Å². The molecule has 0 aliphatic rings. The van der Waals surface area contributed by atoms with Crippen molar-refractivity contribution in [1.29, 1.82) is 0 Å². The quantitative estimate of drug-likeness (QED) is 0.601. The van der Waals surface area contributed by atoms with Gasteiger partial charge < -0.3 is 20.5 Å². The summed E-state index contributed by atoms with van der Waals surface area (Å²) in [5.74, 6) is 0.956. The van der Waals surface area contributed by atoms with Gasteiger partial charge in [-0.3, -0.25) is 0 Å². The number of ether oxygens (including phenoxy) is 1. The van der Waals surface area contributed by atoms with Gasteiger partial charge in [0.1, 0.15) is 0 Å². The van der Waals surface area contributed by atoms with Gasteiger partial charge in [-0.1, -0.05) is 13.8 Å². The Bertz CT molecular complexity index is 389. The van der Waals surface area contributed by atoms with Gasteiger partial charge in [-0.2, -0.15) is 15.0 Å². The van der Waals surface area contributed by atoms with Crippen LogP contribution in [0.4, 0.5) is 11.9 Å². The molecule has 0 radical (unpaired) electrons. The molecule has 0 aliphatic heterocycles. The zero-order valence-electron chi connectivity index (χ0n) is 12.5. The lowest BCUT2D eigenvalue weighted by molar-refractivity contribution is 0.164. The molecule has 1 rings (SSSR count). The van der Waals surface area contributed by atoms with Gasteiger partial charge in [-0.05, 0) is 26.2 Å². The number of anilines is 2. The van der Waals surface area contributed by atoms with Crippen molar-refractivity contribution in [2.75, 3.05) is 30.3 Å². The molecule has 0 spiro atoms. The van der Waals surface area contributed by atoms with Crippen LogP contribution in [0, 0.1) is 0 Å². The first-order valence-electron chi connectivity index (χ1n) is 7.24. The van der Waals surface area contributed by atoms with E-state index < -0.39 is 0 Å². The smallest absolute Gasteiger partial charge is 0.323 e. The Labute approximate surface area is 120 Å². The molecule has 0 saturated heterocycles. The highest BCUT2D eigenvalue weighted by molar-refractivity contribution is 5.35. The number of nitrogens with zero attached hydrogens (tertiary/aromatic N) is 3. The zero-order valence-corrected chi connectivity index (χ0v) is 12.5. The van der Waals surface area contributed by atoms with Crippen LogP contribution in [0.3, 0.4) is 0 Å². The molecule has 0 aliphatic carbocycles. The fourth-order valence-corrected chi connectivity index (χ4v) is 1.49. The molecule has 1 atom stereocenters. The summed E-state index contributed by atoms with van der Waals surface area (Å²) in [6, 6.07) is 0.316. The molecule has 0 aromatic carbocycles. The number of rotatable bonds is 10. The van der Waals surface area contributed by atoms with Crippen molar-refractivity contribution in [3.8, 4) is 6.01 Å². The molecule has 0 amide bonds. The number of nitrogens with one attached hydrogen (secondary N) is 2. The van der Waals surface area contributed by atoms with Crippen LogP contribution < -0.4 is 15.4 Å². The Morgan fingerprint density at radius 1 is 1.10 bits per heavy atom. The third-order valence-electron chi connectivity index (χ3n) is 2.62. The van der Waals surface area contributed by atoms with Crippen molar-refractivity contribution in [2.24, 2.45) is 0 Å². The zero-order chi connectivity index (χ0) is 14.8. The third-order valence-corrected chi connectivity index (χ3v) is 2.62. The molecule has 7 heteroatoms. The van der Waals surface area contributed by atoms with Crippen LogP contribution >= 0.6 is 0 Å². The van der Waals surface area contributed by atoms with E-state index >= 15 is 0 Å². The van der Waals surface area contributed by atoms with E-state index in [-0.39, 0.29) is 6.10 Å². The molecular weight excluding hydrogens is 258 g/mol. The Balaban J connectivity index is 2.64. The maximum absolute atomic E-state index is 9.52. The summed E-state index contributed by atoms with van der Waals surface area (Å²) in [7, 11) is 0. The van der Waals surface area contributed by atoms with Gasteiger partial charge in [0.2, 0.25) is 11.9 Å². The molecule has 1 heterocycles. The maximum Gasteiger partial charge on any atom is 0.323 e. The SMILES string of the molecule is CCCOc1nc(NCC)nc(NCCC(O)CC)n1. The Morgan fingerprint density at radius 3 is 2.40 bits per heavy atom. The first-order chi connectivity index (χ1) is 9.69. The molecule has 0 fully saturated rings. The van der Waals surface area contributed by atoms with E-state index in [0.717, 1.165) is 19.4 Å². The van der Waals surface area contributed by atoms with E-state index in [1.54, 1.807) is 0 Å². The van der Waals surface area contributed by atoms with Crippen LogP contribution in [0.25, 0.3) is 0 Å². The van der Waals surface area contributed by atoms with E-state index in [2.05, 4.69) is 25.6 Å². The third kappa shape index (κ3) is 6.01. The minimum atomic E-state index is -0.298. The van der Waals surface area contributed by atoms with Crippen molar-refractivity contribution < 1.29 is 9.84 Å². The number of aliphatic hydroxyl groups is 1. The predicted octanol–water partition coefficient (Wildman–Crippen LogP) is 1.67. The van der Waals surface area contributed by atoms with Crippen molar-refractivity contribution in [2.45, 2.75) is 46.1 Å². The summed E-state index contributed by atoms with van der Waals surface area (Å²) < 4.78 is 5.44. The second kappa shape index (κ2) is 9.30. The fraction of sp³-hybridized carbons (Fsp3) is 0.769. The Hall–Kier alpha value is -1.63. The van der Waals surface area contributed by atoms with Gasteiger partial charge >= 0.3 is 6.01 Å². The standard InChI is InChI=1S/C13H25N5O2/c1-4-9-20-13-17-11(14-6-3)16-12(18-13)15-8-7-10(19)5-2/h10,19H,4-9H2,1-3H3,(H2,14,15,16,17,18). The summed E-state index contributed by atoms with van der Waals surface area (Å²) in [5.41, 5.74) is 0. The molecule has 0 bridgehead atoms. The van der Waals surface area contributed by atoms with Crippen LogP contribution in [-0.4, -0.2) is 45.9 Å². The average Bonchev–Trinajstić information content (AvgIpc) is 2.45. The van der Waals surface area contributed by atoms with Gasteiger partial charge in [-0.15, -0.1) is 0 Å². The lowest BCUT2D eigenvalue weighted by Crippen LogP contribution is -2.15. The van der Waals surface area contributed by atoms with E-state index in [4.69, 9.17) is 4.74 Å². The molecule has 7 nitrogen and oxygen atoms in total. The van der Waals surface area contributed by atoms with Crippen LogP contribution in [0.2, 0.25) is 0 Å². The molecule has 3 N–H and O–H groups in total. The maximum atomic E-state index is 9.52. The molecule has 1 unspecified atom stereocenters. The first kappa shape index (κ1) is 16.4. The second-order valence-corrected chi connectivity index (χ2v) is 4.42. The molecule has 114 valence electrons. The fourth-order valence-electron chi connectivity index (χ4n) is 1.49. The second-order valence-electron chi connectivity index (χ2n) is 4.42. The number of aromatic nitrogens is 3. The molecular formula is C13H25N5O2.